The van der Waals surface area contributed by atoms with Crippen molar-refractivity contribution < 1.29 is 26.7 Å². The lowest BCUT2D eigenvalue weighted by Crippen LogP contribution is -2.46. The van der Waals surface area contributed by atoms with E-state index in [-0.39, 0.29) is 35.2 Å². The molecule has 178 valence electrons. The molecule has 0 aliphatic carbocycles. The van der Waals surface area contributed by atoms with Gasteiger partial charge in [0.1, 0.15) is 0 Å². The first kappa shape index (κ1) is 23.5. The van der Waals surface area contributed by atoms with Crippen LogP contribution in [0.2, 0.25) is 0 Å². The normalized spacial score (nSPS) is 20.4. The van der Waals surface area contributed by atoms with E-state index in [0.29, 0.717) is 30.5 Å². The van der Waals surface area contributed by atoms with Gasteiger partial charge in [0.25, 0.3) is 0 Å². The number of aromatic nitrogens is 3. The summed E-state index contributed by atoms with van der Waals surface area (Å²) in [7, 11) is -3.89. The van der Waals surface area contributed by atoms with Crippen LogP contribution in [0.4, 0.5) is 19.0 Å². The Bertz CT molecular complexity index is 1320. The molecule has 1 saturated heterocycles. The summed E-state index contributed by atoms with van der Waals surface area (Å²) in [5.41, 5.74) is 5.36. The van der Waals surface area contributed by atoms with Crippen molar-refractivity contribution in [1.82, 2.24) is 18.7 Å². The summed E-state index contributed by atoms with van der Waals surface area (Å²) in [5.74, 6) is -0.380. The van der Waals surface area contributed by atoms with Crippen LogP contribution in [0.5, 0.6) is 0 Å². The van der Waals surface area contributed by atoms with Crippen LogP contribution in [0.25, 0.3) is 16.9 Å². The highest BCUT2D eigenvalue weighted by Gasteiger charge is 2.37. The van der Waals surface area contributed by atoms with E-state index in [1.807, 2.05) is 6.92 Å². The molecule has 3 N–H and O–H groups in total. The molecule has 1 unspecified atom stereocenters. The van der Waals surface area contributed by atoms with E-state index in [1.165, 1.54) is 27.0 Å². The molecule has 3 aromatic rings. The first-order valence-electron chi connectivity index (χ1n) is 10.3. The van der Waals surface area contributed by atoms with Gasteiger partial charge in [-0.05, 0) is 37.5 Å². The number of imidazole rings is 1. The van der Waals surface area contributed by atoms with E-state index in [2.05, 4.69) is 9.97 Å². The van der Waals surface area contributed by atoms with Crippen molar-refractivity contribution in [2.45, 2.75) is 37.8 Å². The number of alkyl halides is 3. The highest BCUT2D eigenvalue weighted by molar-refractivity contribution is 7.89. The topological polar surface area (TPSA) is 114 Å². The predicted molar refractivity (Wildman–Crippen MR) is 116 cm³/mol. The summed E-state index contributed by atoms with van der Waals surface area (Å²) in [6.45, 7) is 3.95. The van der Waals surface area contributed by atoms with Gasteiger partial charge in [0, 0.05) is 36.9 Å². The Hall–Kier alpha value is -2.70. The number of hydrogen-bond acceptors (Lipinski definition) is 6. The van der Waals surface area contributed by atoms with E-state index in [9.17, 15) is 26.7 Å². The maximum absolute atomic E-state index is 13.4. The minimum atomic E-state index is -4.71. The summed E-state index contributed by atoms with van der Waals surface area (Å²) in [6.07, 6.45) is -1.23. The number of nitrogen functional groups attached to an aromatic ring is 1. The van der Waals surface area contributed by atoms with Gasteiger partial charge in [0.05, 0.1) is 16.8 Å². The van der Waals surface area contributed by atoms with E-state index in [4.69, 9.17) is 5.73 Å². The Balaban J connectivity index is 1.82. The molecule has 33 heavy (non-hydrogen) atoms. The molecule has 2 aromatic heterocycles. The molecule has 0 spiro atoms. The van der Waals surface area contributed by atoms with Crippen molar-refractivity contribution in [3.8, 4) is 11.3 Å². The van der Waals surface area contributed by atoms with Gasteiger partial charge in [-0.2, -0.15) is 17.5 Å². The second-order valence-corrected chi connectivity index (χ2v) is 10.7. The lowest BCUT2D eigenvalue weighted by Gasteiger charge is -2.38. The van der Waals surface area contributed by atoms with Gasteiger partial charge in [0.2, 0.25) is 10.0 Å². The van der Waals surface area contributed by atoms with Crippen molar-refractivity contribution in [3.05, 3.63) is 41.9 Å². The standard InChI is InChI=1S/C21H24F3N5O3S/c1-13-4-5-14(33(31,32)28-7-3-6-20(2,11-28)12-30)8-15(13)16-9-26-19-18(25)27-17(10-29(16)19)21(22,23)24/h4-5,8-10,30H,3,6-7,11-12H2,1-2H3,(H2,25,27). The third-order valence-corrected chi connectivity index (χ3v) is 7.90. The Morgan fingerprint density at radius 3 is 2.70 bits per heavy atom. The zero-order valence-corrected chi connectivity index (χ0v) is 18.9. The maximum atomic E-state index is 13.4. The summed E-state index contributed by atoms with van der Waals surface area (Å²) in [4.78, 5) is 7.49. The van der Waals surface area contributed by atoms with Crippen molar-refractivity contribution in [2.75, 3.05) is 25.4 Å². The molecule has 0 amide bonds. The second kappa shape index (κ2) is 7.96. The highest BCUT2D eigenvalue weighted by Crippen LogP contribution is 2.35. The fourth-order valence-corrected chi connectivity index (χ4v) is 5.79. The highest BCUT2D eigenvalue weighted by atomic mass is 32.2. The van der Waals surface area contributed by atoms with Gasteiger partial charge in [-0.3, -0.25) is 4.40 Å². The van der Waals surface area contributed by atoms with Gasteiger partial charge in [-0.25, -0.2) is 18.4 Å². The molecule has 1 atom stereocenters. The average Bonchev–Trinajstić information content (AvgIpc) is 3.18. The molecule has 0 saturated carbocycles. The lowest BCUT2D eigenvalue weighted by atomic mass is 9.84. The second-order valence-electron chi connectivity index (χ2n) is 8.73. The number of rotatable bonds is 4. The molecule has 1 aromatic carbocycles. The maximum Gasteiger partial charge on any atom is 0.434 e. The van der Waals surface area contributed by atoms with Gasteiger partial charge in [-0.15, -0.1) is 0 Å². The van der Waals surface area contributed by atoms with Crippen LogP contribution >= 0.6 is 0 Å². The summed E-state index contributed by atoms with van der Waals surface area (Å²) >= 11 is 0. The summed E-state index contributed by atoms with van der Waals surface area (Å²) in [5, 5.41) is 9.69. The quantitative estimate of drug-likeness (QED) is 0.590. The Morgan fingerprint density at radius 2 is 2.03 bits per heavy atom. The Morgan fingerprint density at radius 1 is 1.30 bits per heavy atom. The van der Waals surface area contributed by atoms with Crippen molar-refractivity contribution >= 4 is 21.5 Å². The number of piperidine rings is 1. The number of aliphatic hydroxyl groups excluding tert-OH is 1. The predicted octanol–water partition coefficient (Wildman–Crippen LogP) is 3.09. The summed E-state index contributed by atoms with van der Waals surface area (Å²) < 4.78 is 69.1. The molecule has 1 fully saturated rings. The third kappa shape index (κ3) is 4.18. The summed E-state index contributed by atoms with van der Waals surface area (Å²) in [6, 6.07) is 4.51. The largest absolute Gasteiger partial charge is 0.434 e. The number of nitrogens with zero attached hydrogens (tertiary/aromatic N) is 4. The van der Waals surface area contributed by atoms with Gasteiger partial charge >= 0.3 is 6.18 Å². The number of benzene rings is 1. The average molecular weight is 484 g/mol. The van der Waals surface area contributed by atoms with Crippen LogP contribution in [0.3, 0.4) is 0 Å². The van der Waals surface area contributed by atoms with Crippen LogP contribution in [-0.4, -0.2) is 51.9 Å². The number of halogens is 3. The smallest absolute Gasteiger partial charge is 0.396 e. The molecule has 3 heterocycles. The molecule has 0 radical (unpaired) electrons. The molecular formula is C21H24F3N5O3S. The fraction of sp³-hybridized carbons (Fsp3) is 0.429. The minimum Gasteiger partial charge on any atom is -0.396 e. The first-order chi connectivity index (χ1) is 15.4. The van der Waals surface area contributed by atoms with Gasteiger partial charge in [-0.1, -0.05) is 13.0 Å². The van der Waals surface area contributed by atoms with Crippen LogP contribution in [0, 0.1) is 12.3 Å². The first-order valence-corrected chi connectivity index (χ1v) is 11.7. The monoisotopic (exact) mass is 483 g/mol. The molecule has 1 aliphatic rings. The number of sulfonamides is 1. The zero-order valence-electron chi connectivity index (χ0n) is 18.1. The van der Waals surface area contributed by atoms with E-state index >= 15 is 0 Å². The SMILES string of the molecule is Cc1ccc(S(=O)(=O)N2CCCC(C)(CO)C2)cc1-c1cnc2c(N)nc(C(F)(F)F)cn12. The number of fused-ring (bicyclic) bond motifs is 1. The number of aliphatic hydroxyl groups is 1. The molecule has 12 heteroatoms. The molecule has 1 aliphatic heterocycles. The Kier molecular flexibility index (Phi) is 5.66. The van der Waals surface area contributed by atoms with E-state index in [1.54, 1.807) is 13.0 Å². The number of anilines is 1. The van der Waals surface area contributed by atoms with Crippen molar-refractivity contribution in [3.63, 3.8) is 0 Å². The van der Waals surface area contributed by atoms with Crippen LogP contribution < -0.4 is 5.73 Å². The van der Waals surface area contributed by atoms with Crippen molar-refractivity contribution in [2.24, 2.45) is 5.41 Å². The van der Waals surface area contributed by atoms with Crippen molar-refractivity contribution in [1.29, 1.82) is 0 Å². The third-order valence-electron chi connectivity index (χ3n) is 6.06. The number of hydrogen-bond donors (Lipinski definition) is 2. The van der Waals surface area contributed by atoms with Gasteiger partial charge in [0.15, 0.2) is 17.2 Å². The van der Waals surface area contributed by atoms with E-state index in [0.717, 1.165) is 6.20 Å². The molecular weight excluding hydrogens is 459 g/mol. The van der Waals surface area contributed by atoms with Gasteiger partial charge < -0.3 is 10.8 Å². The molecule has 0 bridgehead atoms. The van der Waals surface area contributed by atoms with Crippen LogP contribution in [0.15, 0.2) is 35.5 Å². The lowest BCUT2D eigenvalue weighted by molar-refractivity contribution is -0.141. The number of aryl methyl sites for hydroxylation is 1. The number of nitrogens with two attached hydrogens (primary N) is 1. The minimum absolute atomic E-state index is 0.0123. The van der Waals surface area contributed by atoms with E-state index < -0.39 is 27.3 Å². The van der Waals surface area contributed by atoms with Crippen LogP contribution in [0.1, 0.15) is 31.0 Å². The molecule has 4 rings (SSSR count). The Labute approximate surface area is 188 Å². The van der Waals surface area contributed by atoms with Crippen LogP contribution in [-0.2, 0) is 16.2 Å². The fourth-order valence-electron chi connectivity index (χ4n) is 4.13. The molecule has 8 nitrogen and oxygen atoms in total. The zero-order chi connectivity index (χ0) is 24.2.